The number of esters is 1. The van der Waals surface area contributed by atoms with Crippen LogP contribution in [0.5, 0.6) is 0 Å². The predicted molar refractivity (Wildman–Crippen MR) is 200 cm³/mol. The van der Waals surface area contributed by atoms with Crippen molar-refractivity contribution in [1.29, 1.82) is 0 Å². The van der Waals surface area contributed by atoms with E-state index in [1.165, 1.54) is 6.08 Å². The molecule has 0 amide bonds. The van der Waals surface area contributed by atoms with E-state index in [4.69, 9.17) is 9.47 Å². The molecule has 0 saturated carbocycles. The van der Waals surface area contributed by atoms with Gasteiger partial charge in [-0.25, -0.2) is 4.79 Å². The zero-order valence-electron chi connectivity index (χ0n) is 31.9. The number of rotatable bonds is 11. The monoisotopic (exact) mass is 673 g/mol. The molecule has 0 saturated heterocycles. The van der Waals surface area contributed by atoms with Crippen molar-refractivity contribution in [2.24, 2.45) is 35.5 Å². The minimum Gasteiger partial charge on any atom is -0.459 e. The summed E-state index contributed by atoms with van der Waals surface area (Å²) in [5.41, 5.74) is 1.01. The van der Waals surface area contributed by atoms with Crippen LogP contribution in [0.25, 0.3) is 0 Å². The van der Waals surface area contributed by atoms with Crippen LogP contribution in [0.2, 0.25) is 0 Å². The number of carbonyl (C=O) groups is 1. The molecule has 1 rings (SSSR count). The quantitative estimate of drug-likeness (QED) is 0.115. The van der Waals surface area contributed by atoms with E-state index in [1.807, 2.05) is 38.2 Å². The summed E-state index contributed by atoms with van der Waals surface area (Å²) in [4.78, 5) is 13.1. The van der Waals surface area contributed by atoms with Gasteiger partial charge in [0.1, 0.15) is 6.10 Å². The molecule has 0 aromatic rings. The second-order valence-electron chi connectivity index (χ2n) is 14.9. The van der Waals surface area contributed by atoms with Crippen molar-refractivity contribution >= 4 is 5.97 Å². The molecule has 0 bridgehead atoms. The van der Waals surface area contributed by atoms with Gasteiger partial charge in [0.05, 0.1) is 24.4 Å². The van der Waals surface area contributed by atoms with E-state index in [2.05, 4.69) is 65.8 Å². The van der Waals surface area contributed by atoms with Crippen molar-refractivity contribution in [2.45, 2.75) is 157 Å². The van der Waals surface area contributed by atoms with Gasteiger partial charge in [0.15, 0.2) is 0 Å². The molecule has 0 aromatic carbocycles. The highest BCUT2D eigenvalue weighted by Gasteiger charge is 2.28. The number of cyclic esters (lactones) is 1. The molecule has 0 aliphatic carbocycles. The molecule has 1 aliphatic heterocycles. The van der Waals surface area contributed by atoms with Gasteiger partial charge in [-0.2, -0.15) is 0 Å². The van der Waals surface area contributed by atoms with Crippen molar-refractivity contribution in [3.05, 3.63) is 60.3 Å². The van der Waals surface area contributed by atoms with Gasteiger partial charge in [0, 0.05) is 25.5 Å². The smallest absolute Gasteiger partial charge is 0.330 e. The summed E-state index contributed by atoms with van der Waals surface area (Å²) < 4.78 is 11.8. The second-order valence-corrected chi connectivity index (χ2v) is 14.9. The van der Waals surface area contributed by atoms with Gasteiger partial charge in [-0.3, -0.25) is 0 Å². The summed E-state index contributed by atoms with van der Waals surface area (Å²) in [5.74, 6) is 0.826. The molecule has 0 spiro atoms. The topological polar surface area (TPSA) is 96.2 Å². The number of hydrogen-bond acceptors (Lipinski definition) is 6. The SMILES string of the molecule is CC[C@@H](C)[C@@H](O)/C=C/C=C/CC[C@@H](C)C[C@H](C)[C@H]1C[C@@H](O)[C@H](C)CC/C=C/[C@H](C)C/C=C(\C)[C@H](O)CCC[C@@H](OC)[C@H](C)/C=C/C(=O)O1. The Hall–Kier alpha value is -1.99. The Morgan fingerprint density at radius 3 is 2.48 bits per heavy atom. The summed E-state index contributed by atoms with van der Waals surface area (Å²) in [7, 11) is 1.69. The number of ether oxygens (including phenoxy) is 2. The first kappa shape index (κ1) is 44.0. The van der Waals surface area contributed by atoms with Crippen LogP contribution in [0.15, 0.2) is 60.3 Å². The van der Waals surface area contributed by atoms with E-state index >= 15 is 0 Å². The summed E-state index contributed by atoms with van der Waals surface area (Å²) >= 11 is 0. The van der Waals surface area contributed by atoms with E-state index < -0.39 is 18.3 Å². The Kier molecular flexibility index (Phi) is 23.0. The van der Waals surface area contributed by atoms with Crippen LogP contribution >= 0.6 is 0 Å². The van der Waals surface area contributed by atoms with Gasteiger partial charge in [-0.05, 0) is 99.9 Å². The van der Waals surface area contributed by atoms with E-state index in [1.54, 1.807) is 7.11 Å². The summed E-state index contributed by atoms with van der Waals surface area (Å²) in [5, 5.41) is 32.1. The fraction of sp³-hybridized carbons (Fsp3) is 0.738. The zero-order chi connectivity index (χ0) is 36.1. The highest BCUT2D eigenvalue weighted by atomic mass is 16.5. The molecular weight excluding hydrogens is 600 g/mol. The number of hydrogen-bond donors (Lipinski definition) is 3. The summed E-state index contributed by atoms with van der Waals surface area (Å²) in [6, 6.07) is 0. The fourth-order valence-electron chi connectivity index (χ4n) is 6.28. The lowest BCUT2D eigenvalue weighted by Gasteiger charge is -2.29. The maximum Gasteiger partial charge on any atom is 0.330 e. The highest BCUT2D eigenvalue weighted by molar-refractivity contribution is 5.82. The third-order valence-corrected chi connectivity index (χ3v) is 10.4. The normalized spacial score (nSPS) is 33.0. The van der Waals surface area contributed by atoms with Gasteiger partial charge in [0.25, 0.3) is 0 Å². The van der Waals surface area contributed by atoms with Gasteiger partial charge < -0.3 is 24.8 Å². The van der Waals surface area contributed by atoms with E-state index in [0.717, 1.165) is 63.4 Å². The summed E-state index contributed by atoms with van der Waals surface area (Å²) in [6.45, 7) is 16.8. The Morgan fingerprint density at radius 2 is 1.79 bits per heavy atom. The highest BCUT2D eigenvalue weighted by Crippen LogP contribution is 2.27. The van der Waals surface area contributed by atoms with Crippen molar-refractivity contribution in [2.75, 3.05) is 7.11 Å². The number of aliphatic hydroxyl groups excluding tert-OH is 3. The Balaban J connectivity index is 3.00. The lowest BCUT2D eigenvalue weighted by Crippen LogP contribution is -2.32. The van der Waals surface area contributed by atoms with E-state index in [9.17, 15) is 20.1 Å². The van der Waals surface area contributed by atoms with Crippen LogP contribution in [0, 0.1) is 35.5 Å². The third-order valence-electron chi connectivity index (χ3n) is 10.4. The van der Waals surface area contributed by atoms with Crippen LogP contribution < -0.4 is 0 Å². The first-order valence-corrected chi connectivity index (χ1v) is 18.9. The van der Waals surface area contributed by atoms with Crippen molar-refractivity contribution in [3.63, 3.8) is 0 Å². The lowest BCUT2D eigenvalue weighted by molar-refractivity contribution is -0.148. The van der Waals surface area contributed by atoms with Crippen LogP contribution in [0.4, 0.5) is 0 Å². The average molecular weight is 673 g/mol. The van der Waals surface area contributed by atoms with Gasteiger partial charge >= 0.3 is 5.97 Å². The third kappa shape index (κ3) is 18.7. The molecule has 3 N–H and O–H groups in total. The second kappa shape index (κ2) is 25.0. The number of methoxy groups -OCH3 is 1. The van der Waals surface area contributed by atoms with E-state index in [0.29, 0.717) is 24.7 Å². The molecular formula is C42H72O6. The van der Waals surface area contributed by atoms with Crippen molar-refractivity contribution in [1.82, 2.24) is 0 Å². The molecule has 6 nitrogen and oxygen atoms in total. The maximum absolute atomic E-state index is 13.1. The van der Waals surface area contributed by atoms with E-state index in [-0.39, 0.29) is 41.8 Å². The van der Waals surface area contributed by atoms with Gasteiger partial charge in [0.2, 0.25) is 0 Å². The molecule has 0 aromatic heterocycles. The van der Waals surface area contributed by atoms with Crippen LogP contribution in [-0.4, -0.2) is 58.9 Å². The Bertz CT molecular complexity index is 1010. The number of aliphatic hydroxyl groups is 3. The van der Waals surface area contributed by atoms with Crippen molar-refractivity contribution < 1.29 is 29.6 Å². The van der Waals surface area contributed by atoms with Crippen molar-refractivity contribution in [3.8, 4) is 0 Å². The zero-order valence-corrected chi connectivity index (χ0v) is 31.9. The van der Waals surface area contributed by atoms with Crippen LogP contribution in [0.1, 0.15) is 126 Å². The standard InChI is InChI=1S/C42H72O6/c1-10-32(4)37(43)21-14-12-11-13-19-31(3)28-36(8)41-29-39(45)33(5)20-16-15-18-30(2)24-25-34(6)38(44)22-17-23-40(47-9)35(7)26-27-42(46)48-41/h11-12,14-15,18,21,25-27,30-33,35-41,43-45H,10,13,16-17,19-20,22-24,28-29H2,1-9H3/b12-11+,18-15+,21-14+,27-26+,34-25+/t30-,31+,32+,33+,35+,36-,37-,38+,39+,40+,41+/m0/s1. The molecule has 0 fully saturated rings. The van der Waals surface area contributed by atoms with Crippen LogP contribution in [-0.2, 0) is 14.3 Å². The Morgan fingerprint density at radius 1 is 1.06 bits per heavy atom. The minimum atomic E-state index is -0.572. The minimum absolute atomic E-state index is 0.00421. The summed E-state index contributed by atoms with van der Waals surface area (Å²) in [6.07, 6.45) is 25.1. The molecule has 48 heavy (non-hydrogen) atoms. The van der Waals surface area contributed by atoms with Gasteiger partial charge in [-0.15, -0.1) is 0 Å². The molecule has 0 unspecified atom stereocenters. The lowest BCUT2D eigenvalue weighted by atomic mass is 9.85. The predicted octanol–water partition coefficient (Wildman–Crippen LogP) is 9.31. The first-order chi connectivity index (χ1) is 22.8. The molecule has 0 radical (unpaired) electrons. The Labute approximate surface area is 294 Å². The number of allylic oxidation sites excluding steroid dienone is 6. The number of carbonyl (C=O) groups excluding carboxylic acids is 1. The molecule has 1 aliphatic rings. The maximum atomic E-state index is 13.1. The first-order valence-electron chi connectivity index (χ1n) is 18.9. The molecule has 6 heteroatoms. The molecule has 1 heterocycles. The van der Waals surface area contributed by atoms with Gasteiger partial charge in [-0.1, -0.05) is 103 Å². The molecule has 276 valence electrons. The molecule has 11 atom stereocenters. The fourth-order valence-corrected chi connectivity index (χ4v) is 6.28. The largest absolute Gasteiger partial charge is 0.459 e. The van der Waals surface area contributed by atoms with Crippen LogP contribution in [0.3, 0.4) is 0 Å². The average Bonchev–Trinajstić information content (AvgIpc) is 3.06.